The number of nitrogens with one attached hydrogen (secondary N) is 1. The van der Waals surface area contributed by atoms with Gasteiger partial charge >= 0.3 is 0 Å². The molecule has 1 aliphatic rings. The molecule has 4 N–H and O–H groups in total. The van der Waals surface area contributed by atoms with Crippen molar-refractivity contribution in [3.05, 3.63) is 35.9 Å². The first-order valence-electron chi connectivity index (χ1n) is 6.96. The number of rotatable bonds is 4. The van der Waals surface area contributed by atoms with Crippen LogP contribution in [-0.4, -0.2) is 29.7 Å². The zero-order valence-electron chi connectivity index (χ0n) is 11.1. The maximum Gasteiger partial charge on any atom is 0.229 e. The fourth-order valence-corrected chi connectivity index (χ4v) is 2.64. The summed E-state index contributed by atoms with van der Waals surface area (Å²) in [7, 11) is 0. The fraction of sp³-hybridized carbons (Fsp3) is 0.533. The van der Waals surface area contributed by atoms with Crippen LogP contribution in [-0.2, 0) is 4.79 Å². The zero-order chi connectivity index (χ0) is 13.7. The van der Waals surface area contributed by atoms with Gasteiger partial charge in [0.2, 0.25) is 5.91 Å². The molecule has 1 amide bonds. The van der Waals surface area contributed by atoms with E-state index in [1.807, 2.05) is 30.3 Å². The standard InChI is InChI=1S/C15H22N2O2/c16-10-12(11-6-2-1-3-7-11)15(19)17-13-8-4-5-9-14(13)18/h1-3,6-7,12-14,18H,4-5,8-10,16H2,(H,17,19)/t12?,13-,14-/m1/s1. The van der Waals surface area contributed by atoms with E-state index in [9.17, 15) is 9.90 Å². The summed E-state index contributed by atoms with van der Waals surface area (Å²) in [4.78, 5) is 12.3. The van der Waals surface area contributed by atoms with E-state index in [1.54, 1.807) is 0 Å². The Morgan fingerprint density at radius 2 is 2.00 bits per heavy atom. The highest BCUT2D eigenvalue weighted by Crippen LogP contribution is 2.20. The molecule has 0 radical (unpaired) electrons. The number of carbonyl (C=O) groups is 1. The number of carbonyl (C=O) groups excluding carboxylic acids is 1. The van der Waals surface area contributed by atoms with Gasteiger partial charge in [0.05, 0.1) is 18.1 Å². The van der Waals surface area contributed by atoms with Crippen LogP contribution in [0.15, 0.2) is 30.3 Å². The van der Waals surface area contributed by atoms with Gasteiger partial charge in [-0.15, -0.1) is 0 Å². The van der Waals surface area contributed by atoms with E-state index in [0.29, 0.717) is 0 Å². The molecule has 1 aromatic carbocycles. The van der Waals surface area contributed by atoms with Crippen molar-refractivity contribution in [1.29, 1.82) is 0 Å². The molecular weight excluding hydrogens is 240 g/mol. The van der Waals surface area contributed by atoms with Gasteiger partial charge in [0, 0.05) is 6.54 Å². The highest BCUT2D eigenvalue weighted by Gasteiger charge is 2.27. The Hall–Kier alpha value is -1.39. The normalized spacial score (nSPS) is 24.7. The lowest BCUT2D eigenvalue weighted by molar-refractivity contribution is -0.124. The second-order valence-corrected chi connectivity index (χ2v) is 5.17. The van der Waals surface area contributed by atoms with E-state index >= 15 is 0 Å². The number of benzene rings is 1. The van der Waals surface area contributed by atoms with Crippen molar-refractivity contribution in [2.45, 2.75) is 43.7 Å². The molecule has 1 fully saturated rings. The number of aliphatic hydroxyl groups excluding tert-OH is 1. The van der Waals surface area contributed by atoms with Gasteiger partial charge in [0.25, 0.3) is 0 Å². The minimum atomic E-state index is -0.424. The quantitative estimate of drug-likeness (QED) is 0.762. The molecule has 0 aliphatic heterocycles. The van der Waals surface area contributed by atoms with Gasteiger partial charge < -0.3 is 16.2 Å². The molecule has 0 saturated heterocycles. The molecule has 19 heavy (non-hydrogen) atoms. The van der Waals surface area contributed by atoms with Crippen LogP contribution in [0.3, 0.4) is 0 Å². The van der Waals surface area contributed by atoms with Crippen molar-refractivity contribution in [3.63, 3.8) is 0 Å². The van der Waals surface area contributed by atoms with Gasteiger partial charge in [0.1, 0.15) is 0 Å². The summed E-state index contributed by atoms with van der Waals surface area (Å²) in [6.45, 7) is 0.276. The van der Waals surface area contributed by atoms with Crippen LogP contribution in [0.5, 0.6) is 0 Å². The predicted octanol–water partition coefficient (Wildman–Crippen LogP) is 1.15. The maximum absolute atomic E-state index is 12.3. The highest BCUT2D eigenvalue weighted by molar-refractivity contribution is 5.84. The minimum absolute atomic E-state index is 0.0837. The lowest BCUT2D eigenvalue weighted by Crippen LogP contribution is -2.47. The molecule has 0 aromatic heterocycles. The monoisotopic (exact) mass is 262 g/mol. The Morgan fingerprint density at radius 1 is 1.32 bits per heavy atom. The van der Waals surface area contributed by atoms with Crippen LogP contribution < -0.4 is 11.1 Å². The summed E-state index contributed by atoms with van der Waals surface area (Å²) in [6.07, 6.45) is 3.28. The van der Waals surface area contributed by atoms with E-state index in [-0.39, 0.29) is 24.4 Å². The van der Waals surface area contributed by atoms with Crippen LogP contribution in [0.25, 0.3) is 0 Å². The topological polar surface area (TPSA) is 75.4 Å². The van der Waals surface area contributed by atoms with Crippen LogP contribution in [0.1, 0.15) is 37.2 Å². The second-order valence-electron chi connectivity index (χ2n) is 5.17. The Bertz CT molecular complexity index is 408. The average molecular weight is 262 g/mol. The van der Waals surface area contributed by atoms with E-state index in [4.69, 9.17) is 5.73 Å². The lowest BCUT2D eigenvalue weighted by atomic mass is 9.91. The van der Waals surface area contributed by atoms with Gasteiger partial charge in [0.15, 0.2) is 0 Å². The summed E-state index contributed by atoms with van der Waals surface area (Å²) < 4.78 is 0. The number of aliphatic hydroxyl groups is 1. The molecule has 4 nitrogen and oxygen atoms in total. The molecule has 0 bridgehead atoms. The third-order valence-electron chi connectivity index (χ3n) is 3.81. The molecule has 2 rings (SSSR count). The summed E-state index contributed by atoms with van der Waals surface area (Å²) >= 11 is 0. The Morgan fingerprint density at radius 3 is 2.63 bits per heavy atom. The van der Waals surface area contributed by atoms with Gasteiger partial charge in [-0.2, -0.15) is 0 Å². The van der Waals surface area contributed by atoms with Gasteiger partial charge in [-0.3, -0.25) is 4.79 Å². The maximum atomic E-state index is 12.3. The van der Waals surface area contributed by atoms with Crippen molar-refractivity contribution in [3.8, 4) is 0 Å². The molecule has 1 aromatic rings. The predicted molar refractivity (Wildman–Crippen MR) is 74.6 cm³/mol. The number of hydrogen-bond donors (Lipinski definition) is 3. The molecule has 1 saturated carbocycles. The Kier molecular flexibility index (Phi) is 4.93. The molecule has 1 unspecified atom stereocenters. The van der Waals surface area contributed by atoms with Crippen molar-refractivity contribution in [1.82, 2.24) is 5.32 Å². The third-order valence-corrected chi connectivity index (χ3v) is 3.81. The van der Waals surface area contributed by atoms with Gasteiger partial charge in [-0.25, -0.2) is 0 Å². The zero-order valence-corrected chi connectivity index (χ0v) is 11.1. The summed E-state index contributed by atoms with van der Waals surface area (Å²) in [5.41, 5.74) is 6.65. The van der Waals surface area contributed by atoms with Crippen molar-refractivity contribution < 1.29 is 9.90 Å². The first-order chi connectivity index (χ1) is 9.22. The minimum Gasteiger partial charge on any atom is -0.391 e. The molecular formula is C15H22N2O2. The van der Waals surface area contributed by atoms with E-state index in [1.165, 1.54) is 0 Å². The first-order valence-corrected chi connectivity index (χ1v) is 6.96. The summed E-state index contributed by atoms with van der Waals surface area (Å²) in [6, 6.07) is 9.42. The number of hydrogen-bond acceptors (Lipinski definition) is 3. The largest absolute Gasteiger partial charge is 0.391 e. The van der Waals surface area contributed by atoms with Crippen molar-refractivity contribution in [2.75, 3.05) is 6.54 Å². The molecule has 104 valence electrons. The van der Waals surface area contributed by atoms with Crippen LogP contribution >= 0.6 is 0 Å². The highest BCUT2D eigenvalue weighted by atomic mass is 16.3. The van der Waals surface area contributed by atoms with E-state index < -0.39 is 6.10 Å². The van der Waals surface area contributed by atoms with Crippen molar-refractivity contribution in [2.24, 2.45) is 5.73 Å². The second kappa shape index (κ2) is 6.68. The van der Waals surface area contributed by atoms with E-state index in [0.717, 1.165) is 31.2 Å². The van der Waals surface area contributed by atoms with Crippen LogP contribution in [0.4, 0.5) is 0 Å². The van der Waals surface area contributed by atoms with Gasteiger partial charge in [-0.1, -0.05) is 43.2 Å². The van der Waals surface area contributed by atoms with Crippen LogP contribution in [0, 0.1) is 0 Å². The Balaban J connectivity index is 2.01. The van der Waals surface area contributed by atoms with Crippen LogP contribution in [0.2, 0.25) is 0 Å². The SMILES string of the molecule is NCC(C(=O)N[C@@H]1CCCC[C@H]1O)c1ccccc1. The van der Waals surface area contributed by atoms with E-state index in [2.05, 4.69) is 5.32 Å². The Labute approximate surface area is 114 Å². The molecule has 1 aliphatic carbocycles. The number of nitrogens with two attached hydrogens (primary N) is 1. The van der Waals surface area contributed by atoms with Gasteiger partial charge in [-0.05, 0) is 18.4 Å². The average Bonchev–Trinajstić information content (AvgIpc) is 2.43. The first kappa shape index (κ1) is 14.0. The summed E-state index contributed by atoms with van der Waals surface area (Å²) in [5, 5.41) is 12.8. The molecule has 3 atom stereocenters. The fourth-order valence-electron chi connectivity index (χ4n) is 2.64. The van der Waals surface area contributed by atoms with Crippen molar-refractivity contribution >= 4 is 5.91 Å². The summed E-state index contributed by atoms with van der Waals surface area (Å²) in [5.74, 6) is -0.421. The third kappa shape index (κ3) is 3.55. The molecule has 0 heterocycles. The molecule has 0 spiro atoms. The number of amides is 1. The lowest BCUT2D eigenvalue weighted by Gasteiger charge is -2.29. The molecule has 4 heteroatoms. The smallest absolute Gasteiger partial charge is 0.229 e.